The molecule has 14 heteroatoms. The largest absolute Gasteiger partial charge is 0.436 e. The van der Waals surface area contributed by atoms with E-state index in [1.165, 1.54) is 10.9 Å². The second-order valence-corrected chi connectivity index (χ2v) is 7.47. The van der Waals surface area contributed by atoms with Gasteiger partial charge in [0.25, 0.3) is 6.43 Å². The number of hydrogen-bond acceptors (Lipinski definition) is 6. The van der Waals surface area contributed by atoms with Crippen molar-refractivity contribution in [1.82, 2.24) is 30.0 Å². The fourth-order valence-corrected chi connectivity index (χ4v) is 3.59. The van der Waals surface area contributed by atoms with Crippen molar-refractivity contribution in [2.75, 3.05) is 37.6 Å². The SMILES string of the molecule is O=C(Cn1cc(-c2nc(N3CC[C@@H]3C(F)F)nc(C(F)(F)F)c2F)cn1)N1CCNCC1. The molecule has 2 aromatic heterocycles. The molecule has 1 N–H and O–H groups in total. The molecule has 0 aromatic carbocycles. The highest BCUT2D eigenvalue weighted by atomic mass is 19.4. The average molecular weight is 463 g/mol. The lowest BCUT2D eigenvalue weighted by molar-refractivity contribution is -0.143. The third kappa shape index (κ3) is 4.36. The number of amides is 1. The molecule has 0 radical (unpaired) electrons. The van der Waals surface area contributed by atoms with Crippen LogP contribution in [0.4, 0.5) is 32.3 Å². The summed E-state index contributed by atoms with van der Waals surface area (Å²) in [5.41, 5.74) is -2.69. The Morgan fingerprint density at radius 1 is 1.19 bits per heavy atom. The molecule has 4 heterocycles. The van der Waals surface area contributed by atoms with Crippen LogP contribution in [-0.2, 0) is 17.5 Å². The van der Waals surface area contributed by atoms with Gasteiger partial charge in [0.05, 0.1) is 12.2 Å². The Kier molecular flexibility index (Phi) is 5.97. The minimum absolute atomic E-state index is 0.0236. The maximum Gasteiger partial charge on any atom is 0.436 e. The Labute approximate surface area is 178 Å². The van der Waals surface area contributed by atoms with E-state index in [9.17, 15) is 31.1 Å². The van der Waals surface area contributed by atoms with Gasteiger partial charge in [-0.2, -0.15) is 18.3 Å². The maximum atomic E-state index is 14.7. The molecular formula is C18H19F6N7O. The number of carbonyl (C=O) groups is 1. The number of aromatic nitrogens is 4. The van der Waals surface area contributed by atoms with Gasteiger partial charge in [-0.05, 0) is 6.42 Å². The molecule has 2 aliphatic rings. The van der Waals surface area contributed by atoms with Crippen LogP contribution in [0.1, 0.15) is 12.1 Å². The number of rotatable bonds is 5. The lowest BCUT2D eigenvalue weighted by Gasteiger charge is -2.40. The van der Waals surface area contributed by atoms with Crippen molar-refractivity contribution in [2.24, 2.45) is 0 Å². The van der Waals surface area contributed by atoms with Crippen LogP contribution in [0.2, 0.25) is 0 Å². The molecule has 0 spiro atoms. The van der Waals surface area contributed by atoms with E-state index in [-0.39, 0.29) is 31.0 Å². The van der Waals surface area contributed by atoms with Crippen LogP contribution in [0.15, 0.2) is 12.4 Å². The number of hydrogen-bond donors (Lipinski definition) is 1. The third-order valence-corrected chi connectivity index (χ3v) is 5.40. The van der Waals surface area contributed by atoms with Crippen molar-refractivity contribution in [1.29, 1.82) is 0 Å². The van der Waals surface area contributed by atoms with Crippen molar-refractivity contribution >= 4 is 11.9 Å². The highest BCUT2D eigenvalue weighted by Gasteiger charge is 2.42. The Balaban J connectivity index is 1.64. The molecule has 174 valence electrons. The Bertz CT molecular complexity index is 989. The van der Waals surface area contributed by atoms with Gasteiger partial charge in [-0.1, -0.05) is 0 Å². The second kappa shape index (κ2) is 8.56. The monoisotopic (exact) mass is 463 g/mol. The third-order valence-electron chi connectivity index (χ3n) is 5.40. The average Bonchev–Trinajstić information content (AvgIpc) is 3.15. The summed E-state index contributed by atoms with van der Waals surface area (Å²) in [6, 6.07) is -1.34. The quantitative estimate of drug-likeness (QED) is 0.682. The van der Waals surface area contributed by atoms with E-state index < -0.39 is 41.8 Å². The first-order chi connectivity index (χ1) is 15.1. The van der Waals surface area contributed by atoms with Crippen molar-refractivity contribution < 1.29 is 31.1 Å². The highest BCUT2D eigenvalue weighted by molar-refractivity contribution is 5.76. The minimum Gasteiger partial charge on any atom is -0.339 e. The summed E-state index contributed by atoms with van der Waals surface area (Å²) in [5.74, 6) is -2.61. The van der Waals surface area contributed by atoms with Gasteiger partial charge in [-0.15, -0.1) is 0 Å². The van der Waals surface area contributed by atoms with Gasteiger partial charge in [0.15, 0.2) is 11.5 Å². The summed E-state index contributed by atoms with van der Waals surface area (Å²) in [7, 11) is 0. The van der Waals surface area contributed by atoms with Crippen molar-refractivity contribution in [3.63, 3.8) is 0 Å². The van der Waals surface area contributed by atoms with E-state index in [1.54, 1.807) is 4.90 Å². The number of carbonyl (C=O) groups excluding carboxylic acids is 1. The zero-order valence-corrected chi connectivity index (χ0v) is 16.6. The first-order valence-corrected chi connectivity index (χ1v) is 9.86. The molecular weight excluding hydrogens is 444 g/mol. The summed E-state index contributed by atoms with van der Waals surface area (Å²) in [4.78, 5) is 21.9. The molecule has 2 saturated heterocycles. The van der Waals surface area contributed by atoms with Crippen LogP contribution in [-0.4, -0.2) is 75.7 Å². The van der Waals surface area contributed by atoms with Crippen LogP contribution in [0.25, 0.3) is 11.3 Å². The van der Waals surface area contributed by atoms with Crippen molar-refractivity contribution in [3.05, 3.63) is 23.9 Å². The first kappa shape index (κ1) is 22.3. The van der Waals surface area contributed by atoms with Crippen LogP contribution in [0, 0.1) is 5.82 Å². The zero-order valence-electron chi connectivity index (χ0n) is 16.6. The lowest BCUT2D eigenvalue weighted by Crippen LogP contribution is -2.53. The predicted molar refractivity (Wildman–Crippen MR) is 99.4 cm³/mol. The van der Waals surface area contributed by atoms with Crippen LogP contribution < -0.4 is 10.2 Å². The number of piperazine rings is 1. The minimum atomic E-state index is -5.16. The highest BCUT2D eigenvalue weighted by Crippen LogP contribution is 2.37. The van der Waals surface area contributed by atoms with E-state index >= 15 is 0 Å². The fourth-order valence-electron chi connectivity index (χ4n) is 3.59. The molecule has 2 aliphatic heterocycles. The summed E-state index contributed by atoms with van der Waals surface area (Å²) < 4.78 is 82.2. The first-order valence-electron chi connectivity index (χ1n) is 9.86. The summed E-state index contributed by atoms with van der Waals surface area (Å²) >= 11 is 0. The standard InChI is InChI=1S/C18H19F6N7O/c19-13-14(10-7-26-30(8-10)9-12(32)29-5-2-25-3-6-29)27-17(28-15(13)18(22,23)24)31-4-1-11(31)16(20)21/h7-8,11,16,25H,1-6,9H2/t11-/m1/s1. The van der Waals surface area contributed by atoms with Crippen molar-refractivity contribution in [3.8, 4) is 11.3 Å². The lowest BCUT2D eigenvalue weighted by atomic mass is 10.0. The van der Waals surface area contributed by atoms with Crippen LogP contribution >= 0.6 is 0 Å². The topological polar surface area (TPSA) is 79.2 Å². The molecule has 0 bridgehead atoms. The van der Waals surface area contributed by atoms with Gasteiger partial charge in [0, 0.05) is 44.5 Å². The molecule has 0 unspecified atom stereocenters. The van der Waals surface area contributed by atoms with E-state index in [0.29, 0.717) is 26.2 Å². The molecule has 0 saturated carbocycles. The van der Waals surface area contributed by atoms with E-state index in [2.05, 4.69) is 20.4 Å². The van der Waals surface area contributed by atoms with Crippen molar-refractivity contribution in [2.45, 2.75) is 31.6 Å². The van der Waals surface area contributed by atoms with Gasteiger partial charge < -0.3 is 15.1 Å². The maximum absolute atomic E-state index is 14.7. The summed E-state index contributed by atoms with van der Waals surface area (Å²) in [6.07, 6.45) is -5.65. The molecule has 32 heavy (non-hydrogen) atoms. The number of alkyl halides is 5. The number of anilines is 1. The molecule has 8 nitrogen and oxygen atoms in total. The molecule has 2 aromatic rings. The van der Waals surface area contributed by atoms with Gasteiger partial charge >= 0.3 is 6.18 Å². The molecule has 4 rings (SSSR count). The second-order valence-electron chi connectivity index (χ2n) is 7.47. The summed E-state index contributed by atoms with van der Waals surface area (Å²) in [5, 5.41) is 7.03. The Hall–Kier alpha value is -2.90. The Morgan fingerprint density at radius 3 is 2.50 bits per heavy atom. The fraction of sp³-hybridized carbons (Fsp3) is 0.556. The van der Waals surface area contributed by atoms with E-state index in [4.69, 9.17) is 0 Å². The number of nitrogens with one attached hydrogen (secondary N) is 1. The summed E-state index contributed by atoms with van der Waals surface area (Å²) in [6.45, 7) is 2.13. The normalized spacial score (nSPS) is 19.4. The van der Waals surface area contributed by atoms with E-state index in [1.807, 2.05) is 0 Å². The van der Waals surface area contributed by atoms with Gasteiger partial charge in [0.1, 0.15) is 12.2 Å². The van der Waals surface area contributed by atoms with Gasteiger partial charge in [-0.3, -0.25) is 9.48 Å². The number of halogens is 6. The van der Waals surface area contributed by atoms with E-state index in [0.717, 1.165) is 11.1 Å². The predicted octanol–water partition coefficient (Wildman–Crippen LogP) is 1.77. The zero-order chi connectivity index (χ0) is 23.0. The van der Waals surface area contributed by atoms with Crippen LogP contribution in [0.3, 0.4) is 0 Å². The Morgan fingerprint density at radius 2 is 1.91 bits per heavy atom. The molecule has 1 atom stereocenters. The molecule has 0 aliphatic carbocycles. The van der Waals surface area contributed by atoms with Gasteiger partial charge in [-0.25, -0.2) is 23.1 Å². The smallest absolute Gasteiger partial charge is 0.339 e. The van der Waals surface area contributed by atoms with Gasteiger partial charge in [0.2, 0.25) is 11.9 Å². The van der Waals surface area contributed by atoms with Crippen LogP contribution in [0.5, 0.6) is 0 Å². The number of nitrogens with zero attached hydrogens (tertiary/aromatic N) is 6. The molecule has 1 amide bonds. The molecule has 2 fully saturated rings.